The number of hydrogen-bond donors (Lipinski definition) is 2. The number of terminal acetylenes is 1. The molecular weight excluding hydrogens is 236 g/mol. The molecule has 0 bridgehead atoms. The van der Waals surface area contributed by atoms with Crippen LogP contribution in [-0.2, 0) is 0 Å². The lowest BCUT2D eigenvalue weighted by molar-refractivity contribution is 0.207. The molecule has 0 amide bonds. The summed E-state index contributed by atoms with van der Waals surface area (Å²) in [6, 6.07) is 0.361. The van der Waals surface area contributed by atoms with E-state index in [1.165, 1.54) is 0 Å². The van der Waals surface area contributed by atoms with Crippen LogP contribution in [0.2, 0.25) is 0 Å². The van der Waals surface area contributed by atoms with E-state index in [9.17, 15) is 0 Å². The van der Waals surface area contributed by atoms with E-state index in [1.54, 1.807) is 18.5 Å². The predicted octanol–water partition coefficient (Wildman–Crippen LogP) is 1.46. The van der Waals surface area contributed by atoms with Gasteiger partial charge in [-0.2, -0.15) is 0 Å². The van der Waals surface area contributed by atoms with E-state index in [0.717, 1.165) is 31.9 Å². The fraction of sp³-hybridized carbons (Fsp3) is 0.400. The minimum Gasteiger partial charge on any atom is -0.365 e. The Kier molecular flexibility index (Phi) is 7.14. The van der Waals surface area contributed by atoms with Gasteiger partial charge in [0.1, 0.15) is 5.82 Å². The summed E-state index contributed by atoms with van der Waals surface area (Å²) in [6.45, 7) is 8.38. The second-order valence-corrected chi connectivity index (χ2v) is 4.12. The average Bonchev–Trinajstić information content (AvgIpc) is 2.44. The Morgan fingerprint density at radius 2 is 2.53 bits per heavy atom. The number of nitrogens with zero attached hydrogens (tertiary/aromatic N) is 2. The number of piperazine rings is 1. The van der Waals surface area contributed by atoms with E-state index in [0.29, 0.717) is 6.04 Å². The standard InChI is InChI=1S/C15H22N4/c1-4-7-8-9-14-12-17-10-11-19(14)15(18-6-3)13-16-5-2/h1,5-8,13-14,16-17H,2,9-12H2,3H3/b8-7-,15-13+,18-6-. The first-order chi connectivity index (χ1) is 9.33. The number of hydrogen-bond acceptors (Lipinski definition) is 4. The molecule has 0 aromatic heterocycles. The molecule has 1 saturated heterocycles. The minimum atomic E-state index is 0.361. The zero-order valence-corrected chi connectivity index (χ0v) is 11.5. The molecule has 1 fully saturated rings. The fourth-order valence-corrected chi connectivity index (χ4v) is 2.03. The van der Waals surface area contributed by atoms with Gasteiger partial charge in [-0.1, -0.05) is 18.6 Å². The molecule has 1 heterocycles. The first-order valence-corrected chi connectivity index (χ1v) is 6.47. The van der Waals surface area contributed by atoms with Gasteiger partial charge in [-0.3, -0.25) is 0 Å². The highest BCUT2D eigenvalue weighted by atomic mass is 15.3. The lowest BCUT2D eigenvalue weighted by atomic mass is 10.1. The molecule has 0 spiro atoms. The summed E-state index contributed by atoms with van der Waals surface area (Å²) >= 11 is 0. The molecular formula is C15H22N4. The third-order valence-corrected chi connectivity index (χ3v) is 2.86. The predicted molar refractivity (Wildman–Crippen MR) is 81.5 cm³/mol. The molecule has 0 radical (unpaired) electrons. The quantitative estimate of drug-likeness (QED) is 0.560. The average molecular weight is 258 g/mol. The molecule has 1 aliphatic heterocycles. The summed E-state index contributed by atoms with van der Waals surface area (Å²) in [5.74, 6) is 3.44. The summed E-state index contributed by atoms with van der Waals surface area (Å²) in [5.41, 5.74) is 0. The van der Waals surface area contributed by atoms with Crippen LogP contribution in [0.3, 0.4) is 0 Å². The van der Waals surface area contributed by atoms with Gasteiger partial charge in [-0.25, -0.2) is 4.99 Å². The lowest BCUT2D eigenvalue weighted by Gasteiger charge is -2.37. The third kappa shape index (κ3) is 5.02. The van der Waals surface area contributed by atoms with E-state index in [1.807, 2.05) is 19.2 Å². The van der Waals surface area contributed by atoms with Crippen LogP contribution in [-0.4, -0.2) is 36.8 Å². The Hall–Kier alpha value is -1.99. The number of rotatable bonds is 6. The van der Waals surface area contributed by atoms with Crippen LogP contribution in [0.1, 0.15) is 13.3 Å². The SMILES string of the molecule is C#C/C=C\CC1CNCCN1C(=C/NC=C)/N=C\C. The smallest absolute Gasteiger partial charge is 0.144 e. The second kappa shape index (κ2) is 9.01. The van der Waals surface area contributed by atoms with E-state index >= 15 is 0 Å². The topological polar surface area (TPSA) is 39.7 Å². The van der Waals surface area contributed by atoms with E-state index < -0.39 is 0 Å². The monoisotopic (exact) mass is 258 g/mol. The van der Waals surface area contributed by atoms with Crippen LogP contribution in [0.25, 0.3) is 0 Å². The number of aliphatic imine (C=N–C) groups is 1. The van der Waals surface area contributed by atoms with Crippen molar-refractivity contribution in [2.75, 3.05) is 19.6 Å². The first kappa shape index (κ1) is 15.1. The first-order valence-electron chi connectivity index (χ1n) is 6.47. The molecule has 0 aliphatic carbocycles. The van der Waals surface area contributed by atoms with Crippen LogP contribution >= 0.6 is 0 Å². The Morgan fingerprint density at radius 1 is 1.68 bits per heavy atom. The van der Waals surface area contributed by atoms with Gasteiger partial charge >= 0.3 is 0 Å². The van der Waals surface area contributed by atoms with E-state index in [4.69, 9.17) is 6.42 Å². The molecule has 0 saturated carbocycles. The Balaban J connectivity index is 2.80. The Morgan fingerprint density at radius 3 is 3.21 bits per heavy atom. The van der Waals surface area contributed by atoms with Crippen molar-refractivity contribution in [3.8, 4) is 12.3 Å². The van der Waals surface area contributed by atoms with Gasteiger partial charge in [0.25, 0.3) is 0 Å². The van der Waals surface area contributed by atoms with Crippen LogP contribution in [0, 0.1) is 12.3 Å². The van der Waals surface area contributed by atoms with Crippen molar-refractivity contribution in [1.82, 2.24) is 15.5 Å². The summed E-state index contributed by atoms with van der Waals surface area (Å²) in [4.78, 5) is 6.71. The molecule has 1 aliphatic rings. The van der Waals surface area contributed by atoms with Gasteiger partial charge < -0.3 is 15.5 Å². The van der Waals surface area contributed by atoms with E-state index in [2.05, 4.69) is 33.0 Å². The van der Waals surface area contributed by atoms with Crippen LogP contribution < -0.4 is 10.6 Å². The second-order valence-electron chi connectivity index (χ2n) is 4.12. The maximum Gasteiger partial charge on any atom is 0.144 e. The Labute approximate surface area is 116 Å². The van der Waals surface area contributed by atoms with Crippen molar-refractivity contribution in [2.24, 2.45) is 4.99 Å². The Bertz CT molecular complexity index is 401. The van der Waals surface area contributed by atoms with Crippen molar-refractivity contribution >= 4 is 6.21 Å². The largest absolute Gasteiger partial charge is 0.365 e. The molecule has 4 nitrogen and oxygen atoms in total. The summed E-state index contributed by atoms with van der Waals surface area (Å²) in [5, 5.41) is 6.39. The lowest BCUT2D eigenvalue weighted by Crippen LogP contribution is -2.50. The van der Waals surface area contributed by atoms with Gasteiger partial charge in [-0.15, -0.1) is 6.42 Å². The number of nitrogens with one attached hydrogen (secondary N) is 2. The zero-order valence-electron chi connectivity index (χ0n) is 11.5. The molecule has 1 rings (SSSR count). The normalized spacial score (nSPS) is 20.7. The summed E-state index contributed by atoms with van der Waals surface area (Å²) < 4.78 is 0. The maximum atomic E-state index is 5.23. The van der Waals surface area contributed by atoms with E-state index in [-0.39, 0.29) is 0 Å². The highest BCUT2D eigenvalue weighted by molar-refractivity contribution is 5.55. The maximum absolute atomic E-state index is 5.23. The van der Waals surface area contributed by atoms with Gasteiger partial charge in [0, 0.05) is 38.1 Å². The zero-order chi connectivity index (χ0) is 13.9. The molecule has 19 heavy (non-hydrogen) atoms. The summed E-state index contributed by atoms with van der Waals surface area (Å²) in [7, 11) is 0. The minimum absolute atomic E-state index is 0.361. The molecule has 1 unspecified atom stereocenters. The van der Waals surface area contributed by atoms with Crippen molar-refractivity contribution in [3.63, 3.8) is 0 Å². The summed E-state index contributed by atoms with van der Waals surface area (Å²) in [6.07, 6.45) is 15.2. The van der Waals surface area contributed by atoms with Gasteiger partial charge in [0.2, 0.25) is 0 Å². The van der Waals surface area contributed by atoms with Gasteiger partial charge in [-0.05, 0) is 25.6 Å². The number of allylic oxidation sites excluding steroid dienone is 1. The van der Waals surface area contributed by atoms with Crippen molar-refractivity contribution in [1.29, 1.82) is 0 Å². The van der Waals surface area contributed by atoms with Gasteiger partial charge in [0.15, 0.2) is 0 Å². The molecule has 4 heteroatoms. The highest BCUT2D eigenvalue weighted by Crippen LogP contribution is 2.15. The molecule has 0 aromatic rings. The fourth-order valence-electron chi connectivity index (χ4n) is 2.03. The molecule has 2 N–H and O–H groups in total. The van der Waals surface area contributed by atoms with Crippen molar-refractivity contribution < 1.29 is 0 Å². The molecule has 0 aromatic carbocycles. The third-order valence-electron chi connectivity index (χ3n) is 2.86. The van der Waals surface area contributed by atoms with Crippen LogP contribution in [0.5, 0.6) is 0 Å². The van der Waals surface area contributed by atoms with Crippen molar-refractivity contribution in [2.45, 2.75) is 19.4 Å². The highest BCUT2D eigenvalue weighted by Gasteiger charge is 2.22. The van der Waals surface area contributed by atoms with Crippen molar-refractivity contribution in [3.05, 3.63) is 37.0 Å². The van der Waals surface area contributed by atoms with Crippen LogP contribution in [0.4, 0.5) is 0 Å². The van der Waals surface area contributed by atoms with Gasteiger partial charge in [0.05, 0.1) is 0 Å². The molecule has 1 atom stereocenters. The van der Waals surface area contributed by atoms with Crippen LogP contribution in [0.15, 0.2) is 41.9 Å². The molecule has 102 valence electrons.